The molecule has 1 aliphatic heterocycles. The summed E-state index contributed by atoms with van der Waals surface area (Å²) in [5.74, 6) is -0.899. The molecule has 1 aromatic heterocycles. The average molecular weight is 360 g/mol. The number of amides is 1. The molecule has 8 nitrogen and oxygen atoms in total. The largest absolute Gasteiger partial charge is 0.481 e. The molecule has 2 aromatic rings. The molecule has 2 heterocycles. The maximum absolute atomic E-state index is 12.4. The molecule has 1 aliphatic rings. The predicted molar refractivity (Wildman–Crippen MR) is 94.9 cm³/mol. The minimum atomic E-state index is -0.899. The number of ether oxygens (including phenoxy) is 1. The van der Waals surface area contributed by atoms with E-state index in [0.717, 1.165) is 18.4 Å². The van der Waals surface area contributed by atoms with E-state index < -0.39 is 11.6 Å². The number of aromatic nitrogens is 3. The third-order valence-corrected chi connectivity index (χ3v) is 4.31. The molecule has 0 spiro atoms. The number of carbonyl (C=O) groups is 2. The Balaban J connectivity index is 1.87. The normalized spacial score (nSPS) is 18.1. The highest BCUT2D eigenvalue weighted by molar-refractivity contribution is 5.83. The Morgan fingerprint density at radius 3 is 2.81 bits per heavy atom. The minimum Gasteiger partial charge on any atom is -0.481 e. The van der Waals surface area contributed by atoms with Gasteiger partial charge in [-0.2, -0.15) is 0 Å². The summed E-state index contributed by atoms with van der Waals surface area (Å²) in [6, 6.07) is 5.33. The van der Waals surface area contributed by atoms with E-state index in [1.54, 1.807) is 21.7 Å². The highest BCUT2D eigenvalue weighted by atomic mass is 16.6. The van der Waals surface area contributed by atoms with Crippen LogP contribution in [0.25, 0.3) is 11.0 Å². The first-order valence-electron chi connectivity index (χ1n) is 8.77. The van der Waals surface area contributed by atoms with E-state index in [1.165, 1.54) is 0 Å². The van der Waals surface area contributed by atoms with Gasteiger partial charge in [0, 0.05) is 13.1 Å². The Morgan fingerprint density at radius 2 is 2.12 bits per heavy atom. The summed E-state index contributed by atoms with van der Waals surface area (Å²) in [4.78, 5) is 25.2. The lowest BCUT2D eigenvalue weighted by atomic mass is 10.0. The van der Waals surface area contributed by atoms with Crippen molar-refractivity contribution < 1.29 is 19.4 Å². The molecule has 140 valence electrons. The summed E-state index contributed by atoms with van der Waals surface area (Å²) in [6.07, 6.45) is 1.25. The molecule has 1 saturated heterocycles. The van der Waals surface area contributed by atoms with Crippen molar-refractivity contribution in [3.63, 3.8) is 0 Å². The maximum Gasteiger partial charge on any atom is 0.410 e. The number of hydrogen-bond donors (Lipinski definition) is 1. The average Bonchev–Trinajstić information content (AvgIpc) is 2.98. The first-order valence-corrected chi connectivity index (χ1v) is 8.77. The number of fused-ring (bicyclic) bond motifs is 1. The highest BCUT2D eigenvalue weighted by Crippen LogP contribution is 2.27. The zero-order chi connectivity index (χ0) is 18.9. The van der Waals surface area contributed by atoms with Crippen LogP contribution in [-0.2, 0) is 16.0 Å². The van der Waals surface area contributed by atoms with Crippen LogP contribution < -0.4 is 0 Å². The number of piperidine rings is 1. The third-order valence-electron chi connectivity index (χ3n) is 4.31. The molecule has 0 radical (unpaired) electrons. The Bertz CT molecular complexity index is 824. The summed E-state index contributed by atoms with van der Waals surface area (Å²) in [5, 5.41) is 17.6. The number of carboxylic acid groups (broad SMARTS) is 1. The lowest BCUT2D eigenvalue weighted by Gasteiger charge is -2.34. The highest BCUT2D eigenvalue weighted by Gasteiger charge is 2.30. The van der Waals surface area contributed by atoms with Gasteiger partial charge in [-0.3, -0.25) is 4.79 Å². The number of aliphatic carboxylic acids is 1. The number of hydrogen-bond acceptors (Lipinski definition) is 5. The second-order valence-corrected chi connectivity index (χ2v) is 7.61. The van der Waals surface area contributed by atoms with E-state index in [2.05, 4.69) is 10.3 Å². The Labute approximate surface area is 151 Å². The van der Waals surface area contributed by atoms with Crippen LogP contribution in [0.4, 0.5) is 4.79 Å². The van der Waals surface area contributed by atoms with E-state index >= 15 is 0 Å². The van der Waals surface area contributed by atoms with Gasteiger partial charge in [-0.1, -0.05) is 17.3 Å². The van der Waals surface area contributed by atoms with Crippen molar-refractivity contribution in [1.82, 2.24) is 19.9 Å². The van der Waals surface area contributed by atoms with Gasteiger partial charge in [0.05, 0.1) is 18.0 Å². The van der Waals surface area contributed by atoms with Crippen LogP contribution >= 0.6 is 0 Å². The third kappa shape index (κ3) is 3.95. The summed E-state index contributed by atoms with van der Waals surface area (Å²) < 4.78 is 7.24. The number of carbonyl (C=O) groups excluding carboxylic acids is 1. The monoisotopic (exact) mass is 360 g/mol. The summed E-state index contributed by atoms with van der Waals surface area (Å²) >= 11 is 0. The molecule has 1 N–H and O–H groups in total. The van der Waals surface area contributed by atoms with E-state index in [9.17, 15) is 9.59 Å². The van der Waals surface area contributed by atoms with E-state index in [0.29, 0.717) is 24.2 Å². The molecule has 0 saturated carbocycles. The van der Waals surface area contributed by atoms with Gasteiger partial charge in [0.1, 0.15) is 11.1 Å². The number of carboxylic acids is 1. The van der Waals surface area contributed by atoms with Crippen LogP contribution in [-0.4, -0.2) is 55.8 Å². The second-order valence-electron chi connectivity index (χ2n) is 7.61. The van der Waals surface area contributed by atoms with Crippen molar-refractivity contribution in [3.05, 3.63) is 23.8 Å². The van der Waals surface area contributed by atoms with Crippen LogP contribution in [0.15, 0.2) is 18.2 Å². The summed E-state index contributed by atoms with van der Waals surface area (Å²) in [6.45, 7) is 6.63. The molecule has 1 aromatic carbocycles. The van der Waals surface area contributed by atoms with Crippen molar-refractivity contribution in [1.29, 1.82) is 0 Å². The smallest absolute Gasteiger partial charge is 0.410 e. The van der Waals surface area contributed by atoms with Crippen molar-refractivity contribution >= 4 is 23.1 Å². The molecule has 8 heteroatoms. The minimum absolute atomic E-state index is 0.0591. The van der Waals surface area contributed by atoms with Crippen molar-refractivity contribution in [2.24, 2.45) is 0 Å². The molecule has 3 rings (SSSR count). The fraction of sp³-hybridized carbons (Fsp3) is 0.556. The van der Waals surface area contributed by atoms with Crippen LogP contribution in [0, 0.1) is 0 Å². The van der Waals surface area contributed by atoms with Gasteiger partial charge in [0.15, 0.2) is 0 Å². The number of benzene rings is 1. The van der Waals surface area contributed by atoms with Crippen molar-refractivity contribution in [2.75, 3.05) is 13.1 Å². The molecule has 1 fully saturated rings. The number of likely N-dealkylation sites (tertiary alicyclic amines) is 1. The standard InChI is InChI=1S/C18H24N4O4/c1-18(2,3)26-17(25)21-9-5-7-13(11-21)22-16-12(10-15(23)24)6-4-8-14(16)19-20-22/h4,6,8,13H,5,7,9-11H2,1-3H3,(H,23,24). The molecule has 26 heavy (non-hydrogen) atoms. The zero-order valence-corrected chi connectivity index (χ0v) is 15.3. The Kier molecular flexibility index (Phi) is 4.84. The van der Waals surface area contributed by atoms with Gasteiger partial charge in [-0.05, 0) is 45.2 Å². The summed E-state index contributed by atoms with van der Waals surface area (Å²) in [7, 11) is 0. The van der Waals surface area contributed by atoms with Gasteiger partial charge in [-0.25, -0.2) is 9.48 Å². The van der Waals surface area contributed by atoms with E-state index in [1.807, 2.05) is 26.8 Å². The van der Waals surface area contributed by atoms with Crippen molar-refractivity contribution in [3.8, 4) is 0 Å². The van der Waals surface area contributed by atoms with Gasteiger partial charge in [-0.15, -0.1) is 5.10 Å². The van der Waals surface area contributed by atoms with Gasteiger partial charge in [0.25, 0.3) is 0 Å². The quantitative estimate of drug-likeness (QED) is 0.904. The molecule has 0 aliphatic carbocycles. The van der Waals surface area contributed by atoms with Gasteiger partial charge in [0.2, 0.25) is 0 Å². The van der Waals surface area contributed by atoms with Crippen LogP contribution in [0.1, 0.15) is 45.2 Å². The lowest BCUT2D eigenvalue weighted by molar-refractivity contribution is -0.136. The molecule has 1 unspecified atom stereocenters. The first kappa shape index (κ1) is 18.2. The van der Waals surface area contributed by atoms with Gasteiger partial charge < -0.3 is 14.7 Å². The van der Waals surface area contributed by atoms with E-state index in [4.69, 9.17) is 9.84 Å². The van der Waals surface area contributed by atoms with Gasteiger partial charge >= 0.3 is 12.1 Å². The molecular weight excluding hydrogens is 336 g/mol. The zero-order valence-electron chi connectivity index (χ0n) is 15.3. The number of rotatable bonds is 3. The molecular formula is C18H24N4O4. The lowest BCUT2D eigenvalue weighted by Crippen LogP contribution is -2.43. The van der Waals surface area contributed by atoms with E-state index in [-0.39, 0.29) is 18.6 Å². The first-order chi connectivity index (χ1) is 12.2. The van der Waals surface area contributed by atoms with Crippen LogP contribution in [0.3, 0.4) is 0 Å². The molecule has 0 bridgehead atoms. The topological polar surface area (TPSA) is 97.5 Å². The molecule has 1 atom stereocenters. The number of para-hydroxylation sites is 1. The Morgan fingerprint density at radius 1 is 1.35 bits per heavy atom. The van der Waals surface area contributed by atoms with Crippen LogP contribution in [0.5, 0.6) is 0 Å². The number of nitrogens with zero attached hydrogens (tertiary/aromatic N) is 4. The maximum atomic E-state index is 12.4. The van der Waals surface area contributed by atoms with Crippen LogP contribution in [0.2, 0.25) is 0 Å². The Hall–Kier alpha value is -2.64. The molecule has 1 amide bonds. The fourth-order valence-electron chi connectivity index (χ4n) is 3.27. The second kappa shape index (κ2) is 6.93. The fourth-order valence-corrected chi connectivity index (χ4v) is 3.27. The SMILES string of the molecule is CC(C)(C)OC(=O)N1CCCC(n2nnc3cccc(CC(=O)O)c32)C1. The summed E-state index contributed by atoms with van der Waals surface area (Å²) in [5.41, 5.74) is 1.53. The van der Waals surface area contributed by atoms with Crippen molar-refractivity contribution in [2.45, 2.75) is 51.7 Å². The predicted octanol–water partition coefficient (Wildman–Crippen LogP) is 2.63.